The number of halogens is 1. The summed E-state index contributed by atoms with van der Waals surface area (Å²) in [5, 5.41) is 8.58. The molecule has 0 aliphatic carbocycles. The number of benzene rings is 1. The first-order valence-corrected chi connectivity index (χ1v) is 5.13. The molecule has 1 aromatic carbocycles. The molecule has 0 radical (unpaired) electrons. The first kappa shape index (κ1) is 10.6. The molecule has 1 N–H and O–H groups in total. The van der Waals surface area contributed by atoms with Crippen LogP contribution < -0.4 is 0 Å². The average Bonchev–Trinajstić information content (AvgIpc) is 2.09. The van der Waals surface area contributed by atoms with E-state index in [1.807, 2.05) is 31.2 Å². The van der Waals surface area contributed by atoms with Crippen LogP contribution in [0.25, 0.3) is 0 Å². The van der Waals surface area contributed by atoms with Gasteiger partial charge in [0, 0.05) is 4.90 Å². The van der Waals surface area contributed by atoms with Crippen LogP contribution >= 0.6 is 23.4 Å². The third kappa shape index (κ3) is 3.85. The van der Waals surface area contributed by atoms with E-state index in [1.54, 1.807) is 6.08 Å². The van der Waals surface area contributed by atoms with Crippen molar-refractivity contribution in [2.75, 3.05) is 6.61 Å². The second kappa shape index (κ2) is 5.32. The van der Waals surface area contributed by atoms with Gasteiger partial charge in [-0.1, -0.05) is 41.1 Å². The van der Waals surface area contributed by atoms with Crippen molar-refractivity contribution in [2.45, 2.75) is 11.8 Å². The Kier molecular flexibility index (Phi) is 4.36. The van der Waals surface area contributed by atoms with Crippen molar-refractivity contribution in [1.29, 1.82) is 0 Å². The van der Waals surface area contributed by atoms with E-state index in [2.05, 4.69) is 0 Å². The largest absolute Gasteiger partial charge is 0.392 e. The van der Waals surface area contributed by atoms with E-state index in [1.165, 1.54) is 17.3 Å². The normalized spacial score (nSPS) is 11.8. The van der Waals surface area contributed by atoms with Crippen LogP contribution in [0.15, 0.2) is 39.6 Å². The van der Waals surface area contributed by atoms with Crippen LogP contribution in [0.2, 0.25) is 0 Å². The minimum atomic E-state index is -0.0162. The standard InChI is InChI=1S/C10H11ClOS/c1-8-2-4-9(5-3-8)13-10(11)6-7-12/h2-6,12H,7H2,1H3/b10-6-. The summed E-state index contributed by atoms with van der Waals surface area (Å²) in [5.74, 6) is 0. The highest BCUT2D eigenvalue weighted by molar-refractivity contribution is 8.04. The number of rotatable bonds is 3. The third-order valence-electron chi connectivity index (χ3n) is 1.49. The summed E-state index contributed by atoms with van der Waals surface area (Å²) in [4.78, 5) is 1.08. The molecular formula is C10H11ClOS. The molecule has 0 amide bonds. The van der Waals surface area contributed by atoms with Gasteiger partial charge in [0.25, 0.3) is 0 Å². The Morgan fingerprint density at radius 1 is 1.46 bits per heavy atom. The molecule has 0 bridgehead atoms. The lowest BCUT2D eigenvalue weighted by molar-refractivity contribution is 0.343. The lowest BCUT2D eigenvalue weighted by Gasteiger charge is -1.99. The van der Waals surface area contributed by atoms with Gasteiger partial charge in [0.1, 0.15) is 0 Å². The van der Waals surface area contributed by atoms with Gasteiger partial charge in [0.05, 0.1) is 11.0 Å². The fraction of sp³-hybridized carbons (Fsp3) is 0.200. The van der Waals surface area contributed by atoms with Gasteiger partial charge < -0.3 is 5.11 Å². The quantitative estimate of drug-likeness (QED) is 0.781. The van der Waals surface area contributed by atoms with Crippen LogP contribution in [0, 0.1) is 6.92 Å². The Bertz CT molecular complexity index is 292. The monoisotopic (exact) mass is 214 g/mol. The molecule has 0 saturated carbocycles. The molecule has 0 aromatic heterocycles. The Morgan fingerprint density at radius 3 is 2.62 bits per heavy atom. The lowest BCUT2D eigenvalue weighted by Crippen LogP contribution is -1.75. The van der Waals surface area contributed by atoms with Gasteiger partial charge in [-0.15, -0.1) is 0 Å². The summed E-state index contributed by atoms with van der Waals surface area (Å²) in [6.45, 7) is 2.03. The molecule has 70 valence electrons. The fourth-order valence-electron chi connectivity index (χ4n) is 0.832. The molecule has 0 aliphatic heterocycles. The SMILES string of the molecule is Cc1ccc(S/C(Cl)=C\CO)cc1. The number of hydrogen-bond acceptors (Lipinski definition) is 2. The maximum absolute atomic E-state index is 8.58. The van der Waals surface area contributed by atoms with Crippen LogP contribution in [-0.2, 0) is 0 Å². The molecule has 0 fully saturated rings. The average molecular weight is 215 g/mol. The van der Waals surface area contributed by atoms with E-state index in [-0.39, 0.29) is 6.61 Å². The van der Waals surface area contributed by atoms with Crippen molar-refractivity contribution < 1.29 is 5.11 Å². The molecule has 0 heterocycles. The minimum Gasteiger partial charge on any atom is -0.392 e. The van der Waals surface area contributed by atoms with Crippen LogP contribution in [0.4, 0.5) is 0 Å². The van der Waals surface area contributed by atoms with Crippen molar-refractivity contribution in [1.82, 2.24) is 0 Å². The molecule has 0 saturated heterocycles. The molecule has 0 unspecified atom stereocenters. The zero-order valence-electron chi connectivity index (χ0n) is 7.33. The number of hydrogen-bond donors (Lipinski definition) is 1. The van der Waals surface area contributed by atoms with Gasteiger partial charge >= 0.3 is 0 Å². The van der Waals surface area contributed by atoms with Crippen molar-refractivity contribution in [3.63, 3.8) is 0 Å². The highest BCUT2D eigenvalue weighted by atomic mass is 35.5. The van der Waals surface area contributed by atoms with Crippen LogP contribution in [-0.4, -0.2) is 11.7 Å². The number of aliphatic hydroxyl groups is 1. The molecule has 1 aromatic rings. The molecule has 1 nitrogen and oxygen atoms in total. The summed E-state index contributed by atoms with van der Waals surface area (Å²) in [6.07, 6.45) is 1.58. The van der Waals surface area contributed by atoms with Gasteiger partial charge in [-0.3, -0.25) is 0 Å². The van der Waals surface area contributed by atoms with E-state index < -0.39 is 0 Å². The number of thioether (sulfide) groups is 1. The van der Waals surface area contributed by atoms with Crippen LogP contribution in [0.3, 0.4) is 0 Å². The zero-order valence-corrected chi connectivity index (χ0v) is 8.90. The highest BCUT2D eigenvalue weighted by Crippen LogP contribution is 2.28. The van der Waals surface area contributed by atoms with Crippen LogP contribution in [0.5, 0.6) is 0 Å². The van der Waals surface area contributed by atoms with Crippen molar-refractivity contribution >= 4 is 23.4 Å². The summed E-state index contributed by atoms with van der Waals surface area (Å²) in [5.41, 5.74) is 1.23. The first-order chi connectivity index (χ1) is 6.22. The van der Waals surface area contributed by atoms with Crippen LogP contribution in [0.1, 0.15) is 5.56 Å². The predicted molar refractivity (Wildman–Crippen MR) is 58.1 cm³/mol. The van der Waals surface area contributed by atoms with E-state index in [0.29, 0.717) is 4.36 Å². The lowest BCUT2D eigenvalue weighted by atomic mass is 10.2. The molecule has 0 spiro atoms. The Balaban J connectivity index is 2.64. The van der Waals surface area contributed by atoms with Crippen molar-refractivity contribution in [3.05, 3.63) is 40.3 Å². The van der Waals surface area contributed by atoms with Crippen molar-refractivity contribution in [2.24, 2.45) is 0 Å². The second-order valence-electron chi connectivity index (χ2n) is 2.61. The Labute approximate surface area is 87.4 Å². The van der Waals surface area contributed by atoms with Gasteiger partial charge in [0.15, 0.2) is 0 Å². The van der Waals surface area contributed by atoms with Gasteiger partial charge in [-0.05, 0) is 25.1 Å². The molecular weight excluding hydrogens is 204 g/mol. The maximum atomic E-state index is 8.58. The summed E-state index contributed by atoms with van der Waals surface area (Å²) in [6, 6.07) is 8.08. The van der Waals surface area contributed by atoms with Gasteiger partial charge in [0.2, 0.25) is 0 Å². The summed E-state index contributed by atoms with van der Waals surface area (Å²) < 4.78 is 0.603. The molecule has 3 heteroatoms. The summed E-state index contributed by atoms with van der Waals surface area (Å²) >= 11 is 7.26. The second-order valence-corrected chi connectivity index (χ2v) is 4.35. The van der Waals surface area contributed by atoms with E-state index >= 15 is 0 Å². The van der Waals surface area contributed by atoms with E-state index in [4.69, 9.17) is 16.7 Å². The molecule has 0 aliphatic rings. The predicted octanol–water partition coefficient (Wildman–Crippen LogP) is 3.16. The molecule has 13 heavy (non-hydrogen) atoms. The first-order valence-electron chi connectivity index (χ1n) is 3.93. The van der Waals surface area contributed by atoms with E-state index in [9.17, 15) is 0 Å². The van der Waals surface area contributed by atoms with Gasteiger partial charge in [-0.2, -0.15) is 0 Å². The number of aliphatic hydroxyl groups excluding tert-OH is 1. The highest BCUT2D eigenvalue weighted by Gasteiger charge is 1.96. The Morgan fingerprint density at radius 2 is 2.08 bits per heavy atom. The van der Waals surface area contributed by atoms with E-state index in [0.717, 1.165) is 4.90 Å². The number of aryl methyl sites for hydroxylation is 1. The minimum absolute atomic E-state index is 0.0162. The van der Waals surface area contributed by atoms with Gasteiger partial charge in [-0.25, -0.2) is 0 Å². The molecule has 1 rings (SSSR count). The topological polar surface area (TPSA) is 20.2 Å². The summed E-state index contributed by atoms with van der Waals surface area (Å²) in [7, 11) is 0. The third-order valence-corrected chi connectivity index (χ3v) is 2.74. The zero-order chi connectivity index (χ0) is 9.68. The van der Waals surface area contributed by atoms with Crippen molar-refractivity contribution in [3.8, 4) is 0 Å². The fourth-order valence-corrected chi connectivity index (χ4v) is 1.82. The smallest absolute Gasteiger partial charge is 0.0765 e. The molecule has 0 atom stereocenters. The Hall–Kier alpha value is -0.440. The maximum Gasteiger partial charge on any atom is 0.0765 e.